The van der Waals surface area contributed by atoms with Crippen LogP contribution in [-0.2, 0) is 17.8 Å². The summed E-state index contributed by atoms with van der Waals surface area (Å²) in [6.07, 6.45) is 4.84. The molecule has 2 heterocycles. The van der Waals surface area contributed by atoms with Gasteiger partial charge in [-0.25, -0.2) is 4.98 Å². The molecule has 0 fully saturated rings. The zero-order valence-corrected chi connectivity index (χ0v) is 18.9. The highest BCUT2D eigenvalue weighted by molar-refractivity contribution is 9.10. The van der Waals surface area contributed by atoms with Crippen molar-refractivity contribution in [1.29, 1.82) is 0 Å². The molecule has 2 aromatic heterocycles. The second kappa shape index (κ2) is 9.06. The molecule has 0 aliphatic carbocycles. The average molecular weight is 467 g/mol. The van der Waals surface area contributed by atoms with E-state index in [1.54, 1.807) is 0 Å². The molecule has 0 unspecified atom stereocenters. The van der Waals surface area contributed by atoms with Crippen LogP contribution in [0.2, 0.25) is 0 Å². The van der Waals surface area contributed by atoms with Gasteiger partial charge in [-0.2, -0.15) is 4.57 Å². The van der Waals surface area contributed by atoms with E-state index in [0.717, 1.165) is 63.8 Å². The lowest BCUT2D eigenvalue weighted by atomic mass is 10.0. The maximum atomic E-state index is 12.9. The predicted octanol–water partition coefficient (Wildman–Crippen LogP) is 4.86. The molecular formula is C24H25BrN3O2+. The first-order chi connectivity index (χ1) is 14.6. The molecule has 0 atom stereocenters. The first-order valence-electron chi connectivity index (χ1n) is 10.2. The second-order valence-corrected chi connectivity index (χ2v) is 8.21. The third-order valence-corrected chi connectivity index (χ3v) is 5.83. The van der Waals surface area contributed by atoms with Gasteiger partial charge in [0.05, 0.1) is 5.52 Å². The number of rotatable bonds is 8. The molecule has 154 valence electrons. The number of imidazole rings is 1. The Hall–Kier alpha value is -2.57. The number of aryl methyl sites for hydroxylation is 2. The normalized spacial score (nSPS) is 11.4. The summed E-state index contributed by atoms with van der Waals surface area (Å²) in [5.41, 5.74) is 2.65. The summed E-state index contributed by atoms with van der Waals surface area (Å²) >= 11 is 3.69. The molecule has 30 heavy (non-hydrogen) atoms. The summed E-state index contributed by atoms with van der Waals surface area (Å²) < 4.78 is 10.5. The van der Waals surface area contributed by atoms with E-state index in [1.165, 1.54) is 0 Å². The van der Waals surface area contributed by atoms with Crippen molar-refractivity contribution in [1.82, 2.24) is 9.55 Å². The van der Waals surface area contributed by atoms with Crippen molar-refractivity contribution < 1.29 is 14.1 Å². The van der Waals surface area contributed by atoms with Crippen LogP contribution in [0.5, 0.6) is 0 Å². The summed E-state index contributed by atoms with van der Waals surface area (Å²) in [4.78, 5) is 17.6. The molecule has 0 saturated heterocycles. The first-order valence-corrected chi connectivity index (χ1v) is 11.0. The molecule has 0 aliphatic rings. The van der Waals surface area contributed by atoms with Crippen LogP contribution in [0.1, 0.15) is 29.5 Å². The number of carbonyl (C=O) groups is 1. The van der Waals surface area contributed by atoms with Gasteiger partial charge < -0.3 is 9.30 Å². The first kappa shape index (κ1) is 20.7. The Kier molecular flexibility index (Phi) is 6.25. The van der Waals surface area contributed by atoms with Gasteiger partial charge in [-0.15, -0.1) is 0 Å². The van der Waals surface area contributed by atoms with Gasteiger partial charge in [-0.1, -0.05) is 36.4 Å². The average Bonchev–Trinajstić information content (AvgIpc) is 3.06. The van der Waals surface area contributed by atoms with Gasteiger partial charge in [-0.3, -0.25) is 4.79 Å². The van der Waals surface area contributed by atoms with Crippen LogP contribution < -0.4 is 4.57 Å². The maximum Gasteiger partial charge on any atom is 0.227 e. The van der Waals surface area contributed by atoms with Crippen molar-refractivity contribution >= 4 is 43.5 Å². The van der Waals surface area contributed by atoms with Crippen molar-refractivity contribution in [3.8, 4) is 0 Å². The van der Waals surface area contributed by atoms with E-state index in [0.29, 0.717) is 0 Å². The number of aromatic nitrogens is 3. The van der Waals surface area contributed by atoms with Crippen molar-refractivity contribution in [2.75, 3.05) is 13.2 Å². The Labute approximate surface area is 184 Å². The number of halogens is 1. The van der Waals surface area contributed by atoms with E-state index >= 15 is 0 Å². The van der Waals surface area contributed by atoms with Crippen LogP contribution in [0.25, 0.3) is 21.8 Å². The Morgan fingerprint density at radius 3 is 2.77 bits per heavy atom. The molecule has 4 rings (SSSR count). The molecule has 0 bridgehead atoms. The number of nitrogens with zero attached hydrogens (tertiary/aromatic N) is 3. The number of hydrogen-bond donors (Lipinski definition) is 0. The molecule has 0 spiro atoms. The molecule has 4 aromatic rings. The highest BCUT2D eigenvalue weighted by atomic mass is 79.9. The minimum atomic E-state index is 0.0740. The fourth-order valence-corrected chi connectivity index (χ4v) is 4.46. The monoisotopic (exact) mass is 466 g/mol. The van der Waals surface area contributed by atoms with E-state index < -0.39 is 0 Å². The molecule has 0 saturated carbocycles. The summed E-state index contributed by atoms with van der Waals surface area (Å²) in [6.45, 7) is 6.60. The van der Waals surface area contributed by atoms with Crippen molar-refractivity contribution in [2.45, 2.75) is 33.4 Å². The van der Waals surface area contributed by atoms with E-state index in [2.05, 4.69) is 26.6 Å². The number of hydrogen-bond acceptors (Lipinski definition) is 3. The molecule has 2 aromatic carbocycles. The summed E-state index contributed by atoms with van der Waals surface area (Å²) in [5.74, 6) is 1.03. The fraction of sp³-hybridized carbons (Fsp3) is 0.292. The fourth-order valence-electron chi connectivity index (χ4n) is 3.78. The van der Waals surface area contributed by atoms with Gasteiger partial charge in [0.15, 0.2) is 17.9 Å². The Bertz CT molecular complexity index is 1220. The highest BCUT2D eigenvalue weighted by Gasteiger charge is 2.19. The topological polar surface area (TPSA) is 48.0 Å². The number of carbonyl (C=O) groups excluding carboxylic acids is 1. The van der Waals surface area contributed by atoms with E-state index in [9.17, 15) is 4.79 Å². The van der Waals surface area contributed by atoms with Crippen molar-refractivity contribution in [3.05, 3.63) is 70.7 Å². The standard InChI is InChI=1S/C24H25BrN3O2/c1-3-30-12-6-11-28-17(2)26-22-15-27(14-21(25)24(22)28)16-23(29)20-10-9-18-7-4-5-8-19(18)13-20/h4-5,7-10,13-15H,3,6,11-12,16H2,1-2H3/q+1. The third-order valence-electron chi connectivity index (χ3n) is 5.25. The number of Topliss-reactive ketones (excluding diaryl/α,β-unsaturated/α-hetero) is 1. The van der Waals surface area contributed by atoms with Crippen LogP contribution in [0.15, 0.2) is 59.3 Å². The number of ether oxygens (including phenoxy) is 1. The van der Waals surface area contributed by atoms with E-state index in [-0.39, 0.29) is 12.3 Å². The SMILES string of the molecule is CCOCCCn1c(C)nc2c[n+](CC(=O)c3ccc4ccccc4c3)cc(Br)c21. The van der Waals surface area contributed by atoms with Gasteiger partial charge in [0.1, 0.15) is 10.3 Å². The number of ketones is 1. The van der Waals surface area contributed by atoms with Gasteiger partial charge in [0, 0.05) is 25.3 Å². The van der Waals surface area contributed by atoms with Gasteiger partial charge in [-0.05, 0) is 53.0 Å². The molecule has 0 N–H and O–H groups in total. The number of pyridine rings is 1. The van der Waals surface area contributed by atoms with Crippen LogP contribution in [0, 0.1) is 6.92 Å². The third kappa shape index (κ3) is 4.30. The van der Waals surface area contributed by atoms with E-state index in [1.807, 2.05) is 67.2 Å². The molecule has 6 heteroatoms. The summed E-state index contributed by atoms with van der Waals surface area (Å²) in [7, 11) is 0. The molecular weight excluding hydrogens is 442 g/mol. The lowest BCUT2D eigenvalue weighted by Crippen LogP contribution is -2.37. The zero-order chi connectivity index (χ0) is 21.1. The summed E-state index contributed by atoms with van der Waals surface area (Å²) in [5, 5.41) is 2.21. The van der Waals surface area contributed by atoms with Crippen molar-refractivity contribution in [3.63, 3.8) is 0 Å². The van der Waals surface area contributed by atoms with Gasteiger partial charge >= 0.3 is 0 Å². The van der Waals surface area contributed by atoms with E-state index in [4.69, 9.17) is 9.72 Å². The Morgan fingerprint density at radius 2 is 1.97 bits per heavy atom. The molecule has 0 radical (unpaired) electrons. The van der Waals surface area contributed by atoms with Crippen LogP contribution in [-0.4, -0.2) is 28.5 Å². The lowest BCUT2D eigenvalue weighted by Gasteiger charge is -2.08. The maximum absolute atomic E-state index is 12.9. The predicted molar refractivity (Wildman–Crippen MR) is 122 cm³/mol. The molecule has 0 aliphatic heterocycles. The zero-order valence-electron chi connectivity index (χ0n) is 17.3. The quantitative estimate of drug-likeness (QED) is 0.211. The van der Waals surface area contributed by atoms with Gasteiger partial charge in [0.2, 0.25) is 12.3 Å². The van der Waals surface area contributed by atoms with Gasteiger partial charge in [0.25, 0.3) is 0 Å². The number of fused-ring (bicyclic) bond motifs is 2. The number of benzene rings is 2. The smallest absolute Gasteiger partial charge is 0.227 e. The largest absolute Gasteiger partial charge is 0.382 e. The molecule has 0 amide bonds. The minimum Gasteiger partial charge on any atom is -0.382 e. The van der Waals surface area contributed by atoms with Crippen LogP contribution in [0.3, 0.4) is 0 Å². The van der Waals surface area contributed by atoms with Crippen LogP contribution in [0.4, 0.5) is 0 Å². The Balaban J connectivity index is 1.57. The van der Waals surface area contributed by atoms with Crippen LogP contribution >= 0.6 is 15.9 Å². The minimum absolute atomic E-state index is 0.0740. The highest BCUT2D eigenvalue weighted by Crippen LogP contribution is 2.24. The Morgan fingerprint density at radius 1 is 1.17 bits per heavy atom. The lowest BCUT2D eigenvalue weighted by molar-refractivity contribution is -0.682. The molecule has 5 nitrogen and oxygen atoms in total. The summed E-state index contributed by atoms with van der Waals surface area (Å²) in [6, 6.07) is 13.9. The second-order valence-electron chi connectivity index (χ2n) is 7.36. The van der Waals surface area contributed by atoms with Crippen molar-refractivity contribution in [2.24, 2.45) is 0 Å².